The second kappa shape index (κ2) is 7.27. The fourth-order valence-electron chi connectivity index (χ4n) is 3.14. The van der Waals surface area contributed by atoms with Gasteiger partial charge in [-0.25, -0.2) is 22.9 Å². The van der Waals surface area contributed by atoms with E-state index in [1.165, 1.54) is 6.07 Å². The number of hydrogen-bond donors (Lipinski definition) is 4. The van der Waals surface area contributed by atoms with E-state index in [1.807, 2.05) is 0 Å². The van der Waals surface area contributed by atoms with Gasteiger partial charge in [-0.1, -0.05) is 0 Å². The van der Waals surface area contributed by atoms with Crippen molar-refractivity contribution in [2.24, 2.45) is 5.41 Å². The molecule has 0 saturated carbocycles. The van der Waals surface area contributed by atoms with E-state index in [2.05, 4.69) is 25.0 Å². The Bertz CT molecular complexity index is 1000. The van der Waals surface area contributed by atoms with Gasteiger partial charge < -0.3 is 10.1 Å². The van der Waals surface area contributed by atoms with Crippen LogP contribution in [0, 0.1) is 5.41 Å². The highest BCUT2D eigenvalue weighted by atomic mass is 32.2. The number of fused-ring (bicyclic) bond motifs is 1. The molecule has 0 unspecified atom stereocenters. The Balaban J connectivity index is 1.87. The zero-order valence-electron chi connectivity index (χ0n) is 14.3. The average molecular weight is 383 g/mol. The lowest BCUT2D eigenvalue weighted by Gasteiger charge is -2.37. The predicted octanol–water partition coefficient (Wildman–Crippen LogP) is -1.09. The minimum Gasteiger partial charge on any atom is -0.384 e. The summed E-state index contributed by atoms with van der Waals surface area (Å²) in [5, 5.41) is 3.25. The average Bonchev–Trinajstić information content (AvgIpc) is 2.61. The van der Waals surface area contributed by atoms with E-state index >= 15 is 0 Å². The molecular weight excluding hydrogens is 362 g/mol. The number of piperidine rings is 1. The van der Waals surface area contributed by atoms with Crippen molar-refractivity contribution in [2.45, 2.75) is 17.7 Å². The number of pyridine rings is 1. The summed E-state index contributed by atoms with van der Waals surface area (Å²) in [6, 6.07) is 1.20. The largest absolute Gasteiger partial charge is 0.384 e. The fourth-order valence-corrected chi connectivity index (χ4v) is 4.27. The quantitative estimate of drug-likeness (QED) is 0.495. The van der Waals surface area contributed by atoms with Gasteiger partial charge in [0.2, 0.25) is 10.0 Å². The maximum atomic E-state index is 12.7. The maximum Gasteiger partial charge on any atom is 0.327 e. The van der Waals surface area contributed by atoms with E-state index in [1.54, 1.807) is 7.11 Å². The molecule has 0 radical (unpaired) electrons. The summed E-state index contributed by atoms with van der Waals surface area (Å²) in [6.07, 6.45) is 2.70. The fraction of sp³-hybridized carbons (Fsp3) is 0.533. The summed E-state index contributed by atoms with van der Waals surface area (Å²) < 4.78 is 33.2. The summed E-state index contributed by atoms with van der Waals surface area (Å²) in [7, 11) is -2.27. The Hall–Kier alpha value is -2.08. The summed E-state index contributed by atoms with van der Waals surface area (Å²) >= 11 is 0. The van der Waals surface area contributed by atoms with Crippen LogP contribution in [0.25, 0.3) is 11.0 Å². The Morgan fingerprint density at radius 3 is 2.69 bits per heavy atom. The predicted molar refractivity (Wildman–Crippen MR) is 94.6 cm³/mol. The molecule has 0 amide bonds. The summed E-state index contributed by atoms with van der Waals surface area (Å²) in [5.74, 6) is 0. The van der Waals surface area contributed by atoms with E-state index < -0.39 is 21.3 Å². The molecule has 11 heteroatoms. The van der Waals surface area contributed by atoms with Crippen LogP contribution in [0.1, 0.15) is 12.8 Å². The van der Waals surface area contributed by atoms with Gasteiger partial charge in [-0.05, 0) is 32.0 Å². The highest BCUT2D eigenvalue weighted by molar-refractivity contribution is 7.89. The third-order valence-corrected chi connectivity index (χ3v) is 6.00. The molecule has 1 aliphatic heterocycles. The third-order valence-electron chi connectivity index (χ3n) is 4.63. The number of methoxy groups -OCH3 is 1. The lowest BCUT2D eigenvalue weighted by molar-refractivity contribution is 0.0577. The smallest absolute Gasteiger partial charge is 0.327 e. The van der Waals surface area contributed by atoms with Gasteiger partial charge in [0.05, 0.1) is 12.0 Å². The molecule has 3 rings (SSSR count). The van der Waals surface area contributed by atoms with Crippen molar-refractivity contribution in [1.82, 2.24) is 25.0 Å². The number of H-pyrrole nitrogens is 2. The Kier molecular flexibility index (Phi) is 5.23. The number of sulfonamides is 1. The van der Waals surface area contributed by atoms with Gasteiger partial charge >= 0.3 is 5.69 Å². The van der Waals surface area contributed by atoms with Crippen LogP contribution in [0.2, 0.25) is 0 Å². The monoisotopic (exact) mass is 383 g/mol. The topological polar surface area (TPSA) is 146 Å². The van der Waals surface area contributed by atoms with Crippen molar-refractivity contribution in [2.75, 3.05) is 33.4 Å². The van der Waals surface area contributed by atoms with E-state index in [9.17, 15) is 18.0 Å². The van der Waals surface area contributed by atoms with Crippen LogP contribution < -0.4 is 21.3 Å². The van der Waals surface area contributed by atoms with Gasteiger partial charge in [-0.2, -0.15) is 0 Å². The summed E-state index contributed by atoms with van der Waals surface area (Å²) in [4.78, 5) is 31.3. The van der Waals surface area contributed by atoms with Crippen LogP contribution in [0.4, 0.5) is 0 Å². The van der Waals surface area contributed by atoms with Crippen LogP contribution >= 0.6 is 0 Å². The first-order valence-corrected chi connectivity index (χ1v) is 9.65. The molecule has 1 saturated heterocycles. The molecule has 2 aromatic rings. The Morgan fingerprint density at radius 2 is 2.00 bits per heavy atom. The first-order chi connectivity index (χ1) is 12.4. The van der Waals surface area contributed by atoms with Crippen LogP contribution in [0.3, 0.4) is 0 Å². The minimum atomic E-state index is -3.87. The highest BCUT2D eigenvalue weighted by Gasteiger charge is 2.33. The van der Waals surface area contributed by atoms with Crippen molar-refractivity contribution in [3.8, 4) is 0 Å². The molecule has 1 fully saturated rings. The van der Waals surface area contributed by atoms with E-state index in [0.717, 1.165) is 32.1 Å². The van der Waals surface area contributed by atoms with Crippen LogP contribution in [-0.4, -0.2) is 56.7 Å². The molecule has 0 atom stereocenters. The second-order valence-corrected chi connectivity index (χ2v) is 8.25. The summed E-state index contributed by atoms with van der Waals surface area (Å²) in [6.45, 7) is 2.27. The first-order valence-electron chi connectivity index (χ1n) is 8.17. The second-order valence-electron chi connectivity index (χ2n) is 6.48. The lowest BCUT2D eigenvalue weighted by atomic mass is 9.80. The number of nitrogens with one attached hydrogen (secondary N) is 4. The molecule has 2 aromatic heterocycles. The maximum absolute atomic E-state index is 12.7. The van der Waals surface area contributed by atoms with Crippen LogP contribution in [-0.2, 0) is 14.8 Å². The van der Waals surface area contributed by atoms with Crippen molar-refractivity contribution in [3.63, 3.8) is 0 Å². The van der Waals surface area contributed by atoms with Gasteiger partial charge in [-0.15, -0.1) is 0 Å². The Labute approximate surface area is 149 Å². The van der Waals surface area contributed by atoms with Crippen molar-refractivity contribution in [3.05, 3.63) is 33.1 Å². The zero-order valence-corrected chi connectivity index (χ0v) is 15.1. The minimum absolute atomic E-state index is 0.000876. The number of nitrogens with zero attached hydrogens (tertiary/aromatic N) is 1. The molecule has 3 heterocycles. The molecule has 142 valence electrons. The molecule has 0 aliphatic carbocycles. The number of aromatic amines is 2. The molecule has 1 aliphatic rings. The number of rotatable bonds is 6. The SMILES string of the molecule is COCC1(CNS(=O)(=O)c2cnc3[nH]c(=O)[nH]c(=O)c3c2)CCNCC1. The molecule has 4 N–H and O–H groups in total. The lowest BCUT2D eigenvalue weighted by Crippen LogP contribution is -2.47. The molecule has 0 spiro atoms. The highest BCUT2D eigenvalue weighted by Crippen LogP contribution is 2.28. The molecule has 26 heavy (non-hydrogen) atoms. The van der Waals surface area contributed by atoms with Gasteiger partial charge in [0.25, 0.3) is 5.56 Å². The van der Waals surface area contributed by atoms with E-state index in [0.29, 0.717) is 6.61 Å². The third kappa shape index (κ3) is 3.85. The Morgan fingerprint density at radius 1 is 1.27 bits per heavy atom. The standard InChI is InChI=1S/C15H21N5O5S/c1-25-9-15(2-4-16-5-3-15)8-18-26(23,24)10-6-11-12(17-7-10)19-14(22)20-13(11)21/h6-7,16,18H,2-5,8-9H2,1H3,(H2,17,19,20,21,22). The van der Waals surface area contributed by atoms with Crippen LogP contribution in [0.5, 0.6) is 0 Å². The molecule has 0 aromatic carbocycles. The van der Waals surface area contributed by atoms with Gasteiger partial charge in [0.15, 0.2) is 0 Å². The zero-order chi connectivity index (χ0) is 18.8. The van der Waals surface area contributed by atoms with Crippen molar-refractivity contribution in [1.29, 1.82) is 0 Å². The van der Waals surface area contributed by atoms with Gasteiger partial charge in [0.1, 0.15) is 10.5 Å². The van der Waals surface area contributed by atoms with E-state index in [-0.39, 0.29) is 27.9 Å². The molecular formula is C15H21N5O5S. The molecule has 10 nitrogen and oxygen atoms in total. The normalized spacial score (nSPS) is 17.4. The number of aromatic nitrogens is 3. The van der Waals surface area contributed by atoms with Gasteiger partial charge in [-0.3, -0.25) is 14.8 Å². The van der Waals surface area contributed by atoms with E-state index in [4.69, 9.17) is 4.74 Å². The van der Waals surface area contributed by atoms with Gasteiger partial charge in [0, 0.05) is 25.3 Å². The number of ether oxygens (including phenoxy) is 1. The van der Waals surface area contributed by atoms with Crippen molar-refractivity contribution < 1.29 is 13.2 Å². The number of hydrogen-bond acceptors (Lipinski definition) is 7. The molecule has 0 bridgehead atoms. The first kappa shape index (κ1) is 18.7. The summed E-state index contributed by atoms with van der Waals surface area (Å²) in [5.41, 5.74) is -1.63. The van der Waals surface area contributed by atoms with Crippen molar-refractivity contribution >= 4 is 21.1 Å². The van der Waals surface area contributed by atoms with Crippen LogP contribution in [0.15, 0.2) is 26.7 Å².